The van der Waals surface area contributed by atoms with E-state index in [4.69, 9.17) is 0 Å². The molecule has 0 unspecified atom stereocenters. The number of hydrogen-bond acceptors (Lipinski definition) is 1. The van der Waals surface area contributed by atoms with Crippen LogP contribution in [0.5, 0.6) is 5.75 Å². The SMILES string of the molecule is C=C(CC)c1cc(O)cc(Br)c1. The summed E-state index contributed by atoms with van der Waals surface area (Å²) in [6.45, 7) is 5.94. The Morgan fingerprint density at radius 1 is 1.50 bits per heavy atom. The number of aromatic hydroxyl groups is 1. The molecule has 12 heavy (non-hydrogen) atoms. The van der Waals surface area contributed by atoms with Crippen molar-refractivity contribution in [1.29, 1.82) is 0 Å². The molecule has 0 fully saturated rings. The molecule has 1 aromatic carbocycles. The van der Waals surface area contributed by atoms with E-state index in [1.807, 2.05) is 13.0 Å². The van der Waals surface area contributed by atoms with E-state index in [-0.39, 0.29) is 5.75 Å². The van der Waals surface area contributed by atoms with Crippen LogP contribution in [-0.2, 0) is 0 Å². The second-order valence-electron chi connectivity index (χ2n) is 2.66. The minimum Gasteiger partial charge on any atom is -0.508 e. The molecule has 0 aliphatic heterocycles. The molecule has 0 amide bonds. The Morgan fingerprint density at radius 3 is 2.67 bits per heavy atom. The van der Waals surface area contributed by atoms with Crippen molar-refractivity contribution < 1.29 is 5.11 Å². The molecule has 1 rings (SSSR count). The fourth-order valence-corrected chi connectivity index (χ4v) is 1.46. The number of benzene rings is 1. The highest BCUT2D eigenvalue weighted by Gasteiger charge is 1.99. The zero-order valence-corrected chi connectivity index (χ0v) is 8.56. The lowest BCUT2D eigenvalue weighted by atomic mass is 10.1. The zero-order valence-electron chi connectivity index (χ0n) is 6.97. The molecule has 0 aromatic heterocycles. The van der Waals surface area contributed by atoms with Crippen LogP contribution in [0.2, 0.25) is 0 Å². The summed E-state index contributed by atoms with van der Waals surface area (Å²) in [5.74, 6) is 0.272. The van der Waals surface area contributed by atoms with Gasteiger partial charge in [0.15, 0.2) is 0 Å². The van der Waals surface area contributed by atoms with Crippen molar-refractivity contribution >= 4 is 21.5 Å². The van der Waals surface area contributed by atoms with Crippen LogP contribution < -0.4 is 0 Å². The van der Waals surface area contributed by atoms with Crippen molar-refractivity contribution in [1.82, 2.24) is 0 Å². The summed E-state index contributed by atoms with van der Waals surface area (Å²) in [6.07, 6.45) is 0.899. The van der Waals surface area contributed by atoms with Gasteiger partial charge in [0.1, 0.15) is 5.75 Å². The molecule has 0 spiro atoms. The van der Waals surface area contributed by atoms with Crippen molar-refractivity contribution in [3.05, 3.63) is 34.8 Å². The van der Waals surface area contributed by atoms with Crippen LogP contribution in [-0.4, -0.2) is 5.11 Å². The summed E-state index contributed by atoms with van der Waals surface area (Å²) >= 11 is 3.31. The van der Waals surface area contributed by atoms with Gasteiger partial charge in [0.2, 0.25) is 0 Å². The predicted octanol–water partition coefficient (Wildman–Crippen LogP) is 3.58. The first kappa shape index (κ1) is 9.33. The number of rotatable bonds is 2. The molecule has 0 heterocycles. The summed E-state index contributed by atoms with van der Waals surface area (Å²) in [4.78, 5) is 0. The van der Waals surface area contributed by atoms with Crippen LogP contribution in [0, 0.1) is 0 Å². The van der Waals surface area contributed by atoms with Gasteiger partial charge in [-0.1, -0.05) is 29.4 Å². The van der Waals surface area contributed by atoms with Crippen molar-refractivity contribution in [3.63, 3.8) is 0 Å². The lowest BCUT2D eigenvalue weighted by Gasteiger charge is -2.03. The number of halogens is 1. The Hall–Kier alpha value is -0.760. The summed E-state index contributed by atoms with van der Waals surface area (Å²) in [7, 11) is 0. The number of phenols is 1. The average molecular weight is 227 g/mol. The van der Waals surface area contributed by atoms with Crippen LogP contribution >= 0.6 is 15.9 Å². The largest absolute Gasteiger partial charge is 0.508 e. The maximum Gasteiger partial charge on any atom is 0.117 e. The third-order valence-corrected chi connectivity index (χ3v) is 2.18. The van der Waals surface area contributed by atoms with E-state index < -0.39 is 0 Å². The van der Waals surface area contributed by atoms with E-state index in [1.165, 1.54) is 0 Å². The Kier molecular flexibility index (Phi) is 2.93. The third-order valence-electron chi connectivity index (χ3n) is 1.72. The van der Waals surface area contributed by atoms with Gasteiger partial charge in [-0.05, 0) is 35.8 Å². The van der Waals surface area contributed by atoms with E-state index in [0.717, 1.165) is 22.0 Å². The van der Waals surface area contributed by atoms with Crippen molar-refractivity contribution in [2.24, 2.45) is 0 Å². The monoisotopic (exact) mass is 226 g/mol. The maximum atomic E-state index is 9.27. The Balaban J connectivity index is 3.08. The lowest BCUT2D eigenvalue weighted by Crippen LogP contribution is -1.80. The molecule has 1 nitrogen and oxygen atoms in total. The molecule has 1 aromatic rings. The second-order valence-corrected chi connectivity index (χ2v) is 3.57. The fraction of sp³-hybridized carbons (Fsp3) is 0.200. The first-order valence-electron chi connectivity index (χ1n) is 3.81. The minimum absolute atomic E-state index is 0.272. The van der Waals surface area contributed by atoms with Gasteiger partial charge in [0, 0.05) is 4.47 Å². The fourth-order valence-electron chi connectivity index (χ4n) is 0.982. The smallest absolute Gasteiger partial charge is 0.117 e. The minimum atomic E-state index is 0.272. The lowest BCUT2D eigenvalue weighted by molar-refractivity contribution is 0.475. The normalized spacial score (nSPS) is 9.83. The van der Waals surface area contributed by atoms with Gasteiger partial charge in [-0.2, -0.15) is 0 Å². The van der Waals surface area contributed by atoms with Crippen molar-refractivity contribution in [2.45, 2.75) is 13.3 Å². The summed E-state index contributed by atoms with van der Waals surface area (Å²) < 4.78 is 0.882. The average Bonchev–Trinajstić information content (AvgIpc) is 2.01. The quantitative estimate of drug-likeness (QED) is 0.818. The number of phenolic OH excluding ortho intramolecular Hbond substituents is 1. The van der Waals surface area contributed by atoms with E-state index in [2.05, 4.69) is 22.5 Å². The molecular formula is C10H11BrO. The first-order valence-corrected chi connectivity index (χ1v) is 4.60. The summed E-state index contributed by atoms with van der Waals surface area (Å²) in [5, 5.41) is 9.27. The molecule has 0 saturated carbocycles. The second kappa shape index (κ2) is 3.76. The Bertz CT molecular complexity index is 284. The highest BCUT2D eigenvalue weighted by Crippen LogP contribution is 2.25. The number of allylic oxidation sites excluding steroid dienone is 1. The van der Waals surface area contributed by atoms with Crippen LogP contribution in [0.4, 0.5) is 0 Å². The van der Waals surface area contributed by atoms with Gasteiger partial charge < -0.3 is 5.11 Å². The Morgan fingerprint density at radius 2 is 2.17 bits per heavy atom. The van der Waals surface area contributed by atoms with Crippen LogP contribution in [0.3, 0.4) is 0 Å². The van der Waals surface area contributed by atoms with E-state index >= 15 is 0 Å². The van der Waals surface area contributed by atoms with Gasteiger partial charge in [-0.3, -0.25) is 0 Å². The molecular weight excluding hydrogens is 216 g/mol. The van der Waals surface area contributed by atoms with E-state index in [9.17, 15) is 5.11 Å². The molecule has 0 bridgehead atoms. The molecule has 1 N–H and O–H groups in total. The molecule has 0 radical (unpaired) electrons. The van der Waals surface area contributed by atoms with Crippen LogP contribution in [0.15, 0.2) is 29.3 Å². The van der Waals surface area contributed by atoms with E-state index in [1.54, 1.807) is 12.1 Å². The third kappa shape index (κ3) is 2.11. The topological polar surface area (TPSA) is 20.2 Å². The van der Waals surface area contributed by atoms with Gasteiger partial charge in [-0.25, -0.2) is 0 Å². The van der Waals surface area contributed by atoms with Crippen LogP contribution in [0.25, 0.3) is 5.57 Å². The van der Waals surface area contributed by atoms with Crippen molar-refractivity contribution in [3.8, 4) is 5.75 Å². The van der Waals surface area contributed by atoms with Crippen molar-refractivity contribution in [2.75, 3.05) is 0 Å². The molecule has 0 atom stereocenters. The molecule has 0 aliphatic carbocycles. The maximum absolute atomic E-state index is 9.27. The Labute approximate surface area is 80.9 Å². The predicted molar refractivity (Wildman–Crippen MR) is 55.1 cm³/mol. The zero-order chi connectivity index (χ0) is 9.14. The summed E-state index contributed by atoms with van der Waals surface area (Å²) in [5.41, 5.74) is 2.02. The van der Waals surface area contributed by atoms with Gasteiger partial charge in [0.05, 0.1) is 0 Å². The van der Waals surface area contributed by atoms with Crippen LogP contribution in [0.1, 0.15) is 18.9 Å². The molecule has 0 aliphatic rings. The van der Waals surface area contributed by atoms with Gasteiger partial charge in [0.25, 0.3) is 0 Å². The van der Waals surface area contributed by atoms with Gasteiger partial charge in [-0.15, -0.1) is 0 Å². The molecule has 0 saturated heterocycles. The first-order chi connectivity index (χ1) is 5.63. The van der Waals surface area contributed by atoms with E-state index in [0.29, 0.717) is 0 Å². The van der Waals surface area contributed by atoms with Gasteiger partial charge >= 0.3 is 0 Å². The molecule has 64 valence electrons. The molecule has 2 heteroatoms. The highest BCUT2D eigenvalue weighted by atomic mass is 79.9. The highest BCUT2D eigenvalue weighted by molar-refractivity contribution is 9.10. The standard InChI is InChI=1S/C10H11BrO/c1-3-7(2)8-4-9(11)6-10(12)5-8/h4-6,12H,2-3H2,1H3. The summed E-state index contributed by atoms with van der Waals surface area (Å²) in [6, 6.07) is 5.33. The number of hydrogen-bond donors (Lipinski definition) is 1.